The minimum atomic E-state index is -0.255. The summed E-state index contributed by atoms with van der Waals surface area (Å²) in [6, 6.07) is 1.86. The van der Waals surface area contributed by atoms with E-state index in [0.29, 0.717) is 5.69 Å². The summed E-state index contributed by atoms with van der Waals surface area (Å²) >= 11 is 0. The highest BCUT2D eigenvalue weighted by molar-refractivity contribution is 5.47. The molecular formula is C10H11NO2. The highest BCUT2D eigenvalue weighted by Gasteiger charge is 2.12. The molecule has 0 saturated carbocycles. The first kappa shape index (κ1) is 8.10. The van der Waals surface area contributed by atoms with Crippen molar-refractivity contribution in [3.05, 3.63) is 40.5 Å². The summed E-state index contributed by atoms with van der Waals surface area (Å²) in [4.78, 5) is 13.3. The molecule has 68 valence electrons. The maximum Gasteiger partial charge on any atom is 0.359 e. The lowest BCUT2D eigenvalue weighted by Crippen LogP contribution is -2.24. The van der Waals surface area contributed by atoms with Crippen LogP contribution >= 0.6 is 0 Å². The molecule has 0 aliphatic carbocycles. The van der Waals surface area contributed by atoms with Gasteiger partial charge in [-0.1, -0.05) is 12.2 Å². The number of nitrogens with zero attached hydrogens (tertiary/aromatic N) is 1. The second kappa shape index (κ2) is 3.09. The Morgan fingerprint density at radius 1 is 1.38 bits per heavy atom. The van der Waals surface area contributed by atoms with Crippen molar-refractivity contribution in [2.75, 3.05) is 18.0 Å². The lowest BCUT2D eigenvalue weighted by Gasteiger charge is -2.15. The van der Waals surface area contributed by atoms with Crippen LogP contribution in [-0.4, -0.2) is 13.1 Å². The van der Waals surface area contributed by atoms with Crippen molar-refractivity contribution in [3.8, 4) is 0 Å². The van der Waals surface area contributed by atoms with Crippen LogP contribution in [0.2, 0.25) is 0 Å². The highest BCUT2D eigenvalue weighted by atomic mass is 16.4. The molecule has 2 rings (SSSR count). The van der Waals surface area contributed by atoms with E-state index in [1.54, 1.807) is 0 Å². The Morgan fingerprint density at radius 2 is 2.08 bits per heavy atom. The van der Waals surface area contributed by atoms with Crippen LogP contribution in [0, 0.1) is 6.92 Å². The first-order valence-corrected chi connectivity index (χ1v) is 4.27. The van der Waals surface area contributed by atoms with Crippen molar-refractivity contribution < 1.29 is 4.42 Å². The van der Waals surface area contributed by atoms with Crippen molar-refractivity contribution in [2.24, 2.45) is 0 Å². The zero-order chi connectivity index (χ0) is 9.26. The lowest BCUT2D eigenvalue weighted by atomic mass is 10.3. The summed E-state index contributed by atoms with van der Waals surface area (Å²) in [7, 11) is 0. The SMILES string of the molecule is Cc1coc(=O)c(N2CC=CC2)c1. The second-order valence-electron chi connectivity index (χ2n) is 3.17. The largest absolute Gasteiger partial charge is 0.430 e. The fourth-order valence-electron chi connectivity index (χ4n) is 1.41. The molecule has 0 aromatic carbocycles. The molecular weight excluding hydrogens is 166 g/mol. The van der Waals surface area contributed by atoms with E-state index >= 15 is 0 Å². The molecule has 2 heterocycles. The lowest BCUT2D eigenvalue weighted by molar-refractivity contribution is 0.506. The Balaban J connectivity index is 2.38. The van der Waals surface area contributed by atoms with Crippen LogP contribution in [0.4, 0.5) is 5.69 Å². The Hall–Kier alpha value is -1.51. The Labute approximate surface area is 76.3 Å². The van der Waals surface area contributed by atoms with Gasteiger partial charge in [-0.3, -0.25) is 0 Å². The molecule has 3 heteroatoms. The number of anilines is 1. The Kier molecular flexibility index (Phi) is 1.93. The van der Waals surface area contributed by atoms with Gasteiger partial charge in [0.05, 0.1) is 6.26 Å². The molecule has 0 bridgehead atoms. The van der Waals surface area contributed by atoms with Gasteiger partial charge in [-0.15, -0.1) is 0 Å². The van der Waals surface area contributed by atoms with Crippen molar-refractivity contribution in [1.29, 1.82) is 0 Å². The van der Waals surface area contributed by atoms with Gasteiger partial charge in [0.1, 0.15) is 5.69 Å². The van der Waals surface area contributed by atoms with Gasteiger partial charge in [-0.2, -0.15) is 0 Å². The minimum Gasteiger partial charge on any atom is -0.430 e. The maximum atomic E-state index is 11.3. The molecule has 0 radical (unpaired) electrons. The van der Waals surface area contributed by atoms with Crippen molar-refractivity contribution in [2.45, 2.75) is 6.92 Å². The van der Waals surface area contributed by atoms with Gasteiger partial charge in [0.15, 0.2) is 0 Å². The van der Waals surface area contributed by atoms with E-state index in [9.17, 15) is 4.79 Å². The molecule has 1 aromatic heterocycles. The van der Waals surface area contributed by atoms with Crippen LogP contribution in [0.15, 0.2) is 33.7 Å². The van der Waals surface area contributed by atoms with Crippen molar-refractivity contribution in [1.82, 2.24) is 0 Å². The average Bonchev–Trinajstić information content (AvgIpc) is 2.61. The predicted molar refractivity (Wildman–Crippen MR) is 51.1 cm³/mol. The number of hydrogen-bond donors (Lipinski definition) is 0. The van der Waals surface area contributed by atoms with Crippen molar-refractivity contribution >= 4 is 5.69 Å². The van der Waals surface area contributed by atoms with Gasteiger partial charge < -0.3 is 9.32 Å². The number of rotatable bonds is 1. The molecule has 1 aliphatic heterocycles. The topological polar surface area (TPSA) is 33.5 Å². The van der Waals surface area contributed by atoms with Crippen LogP contribution < -0.4 is 10.5 Å². The molecule has 0 unspecified atom stereocenters. The van der Waals surface area contributed by atoms with E-state index in [-0.39, 0.29) is 5.63 Å². The molecule has 0 saturated heterocycles. The van der Waals surface area contributed by atoms with Crippen LogP contribution in [0.3, 0.4) is 0 Å². The fourth-order valence-corrected chi connectivity index (χ4v) is 1.41. The third kappa shape index (κ3) is 1.49. The first-order chi connectivity index (χ1) is 6.27. The minimum absolute atomic E-state index is 0.255. The van der Waals surface area contributed by atoms with Crippen LogP contribution in [0.25, 0.3) is 0 Å². The Morgan fingerprint density at radius 3 is 2.77 bits per heavy atom. The monoisotopic (exact) mass is 177 g/mol. The standard InChI is InChI=1S/C10H11NO2/c1-8-6-9(10(12)13-7-8)11-4-2-3-5-11/h2-3,6-7H,4-5H2,1H3. The molecule has 1 aliphatic rings. The first-order valence-electron chi connectivity index (χ1n) is 4.27. The molecule has 3 nitrogen and oxygen atoms in total. The van der Waals surface area contributed by atoms with E-state index in [1.165, 1.54) is 6.26 Å². The molecule has 0 spiro atoms. The van der Waals surface area contributed by atoms with E-state index < -0.39 is 0 Å². The summed E-state index contributed by atoms with van der Waals surface area (Å²) in [5.74, 6) is 0. The summed E-state index contributed by atoms with van der Waals surface area (Å²) in [6.07, 6.45) is 5.57. The van der Waals surface area contributed by atoms with E-state index in [1.807, 2.05) is 30.0 Å². The quantitative estimate of drug-likeness (QED) is 0.607. The molecule has 0 fully saturated rings. The summed E-state index contributed by atoms with van der Waals surface area (Å²) < 4.78 is 4.88. The summed E-state index contributed by atoms with van der Waals surface area (Å²) in [6.45, 7) is 3.51. The average molecular weight is 177 g/mol. The van der Waals surface area contributed by atoms with Gasteiger partial charge in [0.25, 0.3) is 0 Å². The van der Waals surface area contributed by atoms with Crippen molar-refractivity contribution in [3.63, 3.8) is 0 Å². The third-order valence-electron chi connectivity index (χ3n) is 2.08. The van der Waals surface area contributed by atoms with Crippen LogP contribution in [0.5, 0.6) is 0 Å². The normalized spacial score (nSPS) is 15.3. The zero-order valence-corrected chi connectivity index (χ0v) is 7.49. The molecule has 0 N–H and O–H groups in total. The van der Waals surface area contributed by atoms with E-state index in [0.717, 1.165) is 18.7 Å². The molecule has 0 atom stereocenters. The zero-order valence-electron chi connectivity index (χ0n) is 7.49. The third-order valence-corrected chi connectivity index (χ3v) is 2.08. The highest BCUT2D eigenvalue weighted by Crippen LogP contribution is 2.13. The summed E-state index contributed by atoms with van der Waals surface area (Å²) in [5, 5.41) is 0. The molecule has 13 heavy (non-hydrogen) atoms. The maximum absolute atomic E-state index is 11.3. The van der Waals surface area contributed by atoms with Gasteiger partial charge in [0.2, 0.25) is 0 Å². The second-order valence-corrected chi connectivity index (χ2v) is 3.17. The number of aryl methyl sites for hydroxylation is 1. The van der Waals surface area contributed by atoms with Gasteiger partial charge in [0, 0.05) is 13.1 Å². The molecule has 1 aromatic rings. The Bertz CT molecular complexity index is 384. The van der Waals surface area contributed by atoms with Gasteiger partial charge in [-0.25, -0.2) is 4.79 Å². The number of hydrogen-bond acceptors (Lipinski definition) is 3. The molecule has 0 amide bonds. The van der Waals surface area contributed by atoms with Crippen LogP contribution in [-0.2, 0) is 0 Å². The van der Waals surface area contributed by atoms with E-state index in [4.69, 9.17) is 4.42 Å². The smallest absolute Gasteiger partial charge is 0.359 e. The fraction of sp³-hybridized carbons (Fsp3) is 0.300. The van der Waals surface area contributed by atoms with Crippen LogP contribution in [0.1, 0.15) is 5.56 Å². The van der Waals surface area contributed by atoms with Gasteiger partial charge in [-0.05, 0) is 18.6 Å². The summed E-state index contributed by atoms with van der Waals surface area (Å²) in [5.41, 5.74) is 1.38. The van der Waals surface area contributed by atoms with E-state index in [2.05, 4.69) is 0 Å². The predicted octanol–water partition coefficient (Wildman–Crippen LogP) is 1.32. The van der Waals surface area contributed by atoms with Gasteiger partial charge >= 0.3 is 5.63 Å².